The molecule has 0 saturated heterocycles. The van der Waals surface area contributed by atoms with E-state index in [1.807, 2.05) is 20.8 Å². The molecular formula is C28H30F6N4O4. The van der Waals surface area contributed by atoms with Crippen LogP contribution in [0.1, 0.15) is 48.0 Å². The maximum absolute atomic E-state index is 13.4. The lowest BCUT2D eigenvalue weighted by Crippen LogP contribution is -2.40. The maximum Gasteiger partial charge on any atom is 0.416 e. The molecule has 2 aromatic carbocycles. The molecular weight excluding hydrogens is 570 g/mol. The first kappa shape index (κ1) is 32.4. The van der Waals surface area contributed by atoms with Crippen LogP contribution in [-0.4, -0.2) is 60.4 Å². The standard InChI is InChI=1S/C28H30F6N4O4/c1-26(2,3)22-15-23(38(36-22)20-6-8-21(42-5)9-7-20)35-24(39)16-37(10-11-41-4)25(40)17-12-18(27(29,30)31)14-19(13-17)28(32,33)34/h6-9,12-15H,10-11,16H2,1-5H3,(H,35,39). The summed E-state index contributed by atoms with van der Waals surface area (Å²) in [5, 5.41) is 7.23. The fraction of sp³-hybridized carbons (Fsp3) is 0.393. The number of anilines is 1. The zero-order chi connectivity index (χ0) is 31.5. The molecule has 0 spiro atoms. The lowest BCUT2D eigenvalue weighted by Gasteiger charge is -2.23. The minimum Gasteiger partial charge on any atom is -0.497 e. The highest BCUT2D eigenvalue weighted by Crippen LogP contribution is 2.36. The number of methoxy groups -OCH3 is 2. The van der Waals surface area contributed by atoms with E-state index in [-0.39, 0.29) is 25.0 Å². The van der Waals surface area contributed by atoms with Crippen LogP contribution in [0.3, 0.4) is 0 Å². The maximum atomic E-state index is 13.4. The molecule has 1 aromatic heterocycles. The average Bonchev–Trinajstić information content (AvgIpc) is 3.33. The summed E-state index contributed by atoms with van der Waals surface area (Å²) in [6.07, 6.45) is -10.3. The van der Waals surface area contributed by atoms with Crippen molar-refractivity contribution in [3.8, 4) is 11.4 Å². The Hall–Kier alpha value is -4.07. The van der Waals surface area contributed by atoms with Crippen LogP contribution in [0.4, 0.5) is 32.2 Å². The Kier molecular flexibility index (Phi) is 9.60. The van der Waals surface area contributed by atoms with Crippen molar-refractivity contribution in [2.24, 2.45) is 0 Å². The number of hydrogen-bond donors (Lipinski definition) is 1. The molecule has 0 atom stereocenters. The molecule has 228 valence electrons. The van der Waals surface area contributed by atoms with Crippen molar-refractivity contribution in [2.45, 2.75) is 38.5 Å². The second-order valence-corrected chi connectivity index (χ2v) is 10.3. The van der Waals surface area contributed by atoms with Crippen molar-refractivity contribution >= 4 is 17.6 Å². The Morgan fingerprint density at radius 1 is 0.905 bits per heavy atom. The van der Waals surface area contributed by atoms with Crippen molar-refractivity contribution in [3.63, 3.8) is 0 Å². The van der Waals surface area contributed by atoms with Crippen LogP contribution in [0.5, 0.6) is 5.75 Å². The molecule has 0 fully saturated rings. The summed E-state index contributed by atoms with van der Waals surface area (Å²) in [5.41, 5.74) is -3.40. The zero-order valence-electron chi connectivity index (χ0n) is 23.5. The van der Waals surface area contributed by atoms with Crippen molar-refractivity contribution < 1.29 is 45.4 Å². The monoisotopic (exact) mass is 600 g/mol. The van der Waals surface area contributed by atoms with E-state index in [0.717, 1.165) is 4.90 Å². The number of nitrogens with one attached hydrogen (secondary N) is 1. The second-order valence-electron chi connectivity index (χ2n) is 10.3. The number of halogens is 6. The van der Waals surface area contributed by atoms with E-state index in [1.54, 1.807) is 30.3 Å². The van der Waals surface area contributed by atoms with E-state index >= 15 is 0 Å². The van der Waals surface area contributed by atoms with Gasteiger partial charge in [-0.3, -0.25) is 9.59 Å². The summed E-state index contributed by atoms with van der Waals surface area (Å²) in [4.78, 5) is 27.2. The topological polar surface area (TPSA) is 85.7 Å². The van der Waals surface area contributed by atoms with Gasteiger partial charge >= 0.3 is 12.4 Å². The van der Waals surface area contributed by atoms with E-state index in [4.69, 9.17) is 9.47 Å². The molecule has 0 saturated carbocycles. The number of carbonyl (C=O) groups excluding carboxylic acids is 2. The van der Waals surface area contributed by atoms with Gasteiger partial charge in [0.05, 0.1) is 36.2 Å². The fourth-order valence-electron chi connectivity index (χ4n) is 3.83. The number of carbonyl (C=O) groups is 2. The molecule has 14 heteroatoms. The van der Waals surface area contributed by atoms with Crippen LogP contribution < -0.4 is 10.1 Å². The first-order valence-electron chi connectivity index (χ1n) is 12.6. The van der Waals surface area contributed by atoms with E-state index in [2.05, 4.69) is 10.4 Å². The normalized spacial score (nSPS) is 12.3. The van der Waals surface area contributed by atoms with E-state index < -0.39 is 52.8 Å². The quantitative estimate of drug-likeness (QED) is 0.307. The van der Waals surface area contributed by atoms with Gasteiger partial charge in [-0.15, -0.1) is 0 Å². The number of ether oxygens (including phenoxy) is 2. The number of amides is 2. The highest BCUT2D eigenvalue weighted by Gasteiger charge is 2.38. The third-order valence-electron chi connectivity index (χ3n) is 6.08. The molecule has 8 nitrogen and oxygen atoms in total. The molecule has 0 aliphatic heterocycles. The molecule has 0 bridgehead atoms. The molecule has 0 unspecified atom stereocenters. The van der Waals surface area contributed by atoms with Gasteiger partial charge in [-0.2, -0.15) is 31.4 Å². The van der Waals surface area contributed by atoms with Gasteiger partial charge in [0.25, 0.3) is 5.91 Å². The number of benzene rings is 2. The smallest absolute Gasteiger partial charge is 0.416 e. The number of nitrogens with zero attached hydrogens (tertiary/aromatic N) is 3. The van der Waals surface area contributed by atoms with Crippen LogP contribution >= 0.6 is 0 Å². The third kappa shape index (κ3) is 8.02. The molecule has 0 radical (unpaired) electrons. The van der Waals surface area contributed by atoms with E-state index in [9.17, 15) is 35.9 Å². The Morgan fingerprint density at radius 2 is 1.48 bits per heavy atom. The lowest BCUT2D eigenvalue weighted by atomic mass is 9.92. The van der Waals surface area contributed by atoms with Gasteiger partial charge in [0.15, 0.2) is 0 Å². The van der Waals surface area contributed by atoms with Crippen molar-refractivity contribution in [1.29, 1.82) is 0 Å². The number of hydrogen-bond acceptors (Lipinski definition) is 5. The Labute approximate surface area is 238 Å². The minimum atomic E-state index is -5.14. The molecule has 0 aliphatic rings. The van der Waals surface area contributed by atoms with E-state index in [1.165, 1.54) is 18.9 Å². The Bertz CT molecular complexity index is 1380. The molecule has 0 aliphatic carbocycles. The number of rotatable bonds is 9. The van der Waals surface area contributed by atoms with Gasteiger partial charge in [-0.1, -0.05) is 20.8 Å². The first-order chi connectivity index (χ1) is 19.4. The summed E-state index contributed by atoms with van der Waals surface area (Å²) >= 11 is 0. The third-order valence-corrected chi connectivity index (χ3v) is 6.08. The number of aromatic nitrogens is 2. The summed E-state index contributed by atoms with van der Waals surface area (Å²) in [6, 6.07) is 8.99. The van der Waals surface area contributed by atoms with Crippen molar-refractivity contribution in [1.82, 2.24) is 14.7 Å². The highest BCUT2D eigenvalue weighted by atomic mass is 19.4. The predicted octanol–water partition coefficient (Wildman–Crippen LogP) is 5.94. The fourth-order valence-corrected chi connectivity index (χ4v) is 3.83. The van der Waals surface area contributed by atoms with Crippen molar-refractivity contribution in [3.05, 3.63) is 70.9 Å². The van der Waals surface area contributed by atoms with Crippen molar-refractivity contribution in [2.75, 3.05) is 39.2 Å². The average molecular weight is 601 g/mol. The van der Waals surface area contributed by atoms with Crippen LogP contribution in [0.15, 0.2) is 48.5 Å². The van der Waals surface area contributed by atoms with Gasteiger partial charge in [0.1, 0.15) is 18.1 Å². The van der Waals surface area contributed by atoms with Crippen LogP contribution in [0.2, 0.25) is 0 Å². The van der Waals surface area contributed by atoms with Gasteiger partial charge in [-0.25, -0.2) is 4.68 Å². The van der Waals surface area contributed by atoms with Crippen LogP contribution in [0.25, 0.3) is 5.69 Å². The van der Waals surface area contributed by atoms with Crippen LogP contribution in [-0.2, 0) is 27.3 Å². The van der Waals surface area contributed by atoms with Gasteiger partial charge in [-0.05, 0) is 42.5 Å². The SMILES string of the molecule is COCCN(CC(=O)Nc1cc(C(C)(C)C)nn1-c1ccc(OC)cc1)C(=O)c1cc(C(F)(F)F)cc(C(F)(F)F)c1. The molecule has 3 aromatic rings. The zero-order valence-corrected chi connectivity index (χ0v) is 23.5. The summed E-state index contributed by atoms with van der Waals surface area (Å²) in [5.74, 6) is -1.16. The Morgan fingerprint density at radius 3 is 1.95 bits per heavy atom. The molecule has 3 rings (SSSR count). The molecule has 1 heterocycles. The lowest BCUT2D eigenvalue weighted by molar-refractivity contribution is -0.143. The van der Waals surface area contributed by atoms with Crippen LogP contribution in [0, 0.1) is 0 Å². The first-order valence-corrected chi connectivity index (χ1v) is 12.6. The molecule has 1 N–H and O–H groups in total. The molecule has 42 heavy (non-hydrogen) atoms. The minimum absolute atomic E-state index is 0.0733. The summed E-state index contributed by atoms with van der Waals surface area (Å²) < 4.78 is 91.8. The summed E-state index contributed by atoms with van der Waals surface area (Å²) in [7, 11) is 2.79. The molecule has 2 amide bonds. The van der Waals surface area contributed by atoms with E-state index in [0.29, 0.717) is 29.3 Å². The Balaban J connectivity index is 1.95. The van der Waals surface area contributed by atoms with Gasteiger partial charge in [0, 0.05) is 30.7 Å². The highest BCUT2D eigenvalue weighted by molar-refractivity contribution is 5.99. The van der Waals surface area contributed by atoms with Gasteiger partial charge < -0.3 is 19.7 Å². The number of alkyl halides is 6. The predicted molar refractivity (Wildman–Crippen MR) is 142 cm³/mol. The van der Waals surface area contributed by atoms with Gasteiger partial charge in [0.2, 0.25) is 5.91 Å². The second kappa shape index (κ2) is 12.4. The summed E-state index contributed by atoms with van der Waals surface area (Å²) in [6.45, 7) is 4.62. The largest absolute Gasteiger partial charge is 0.497 e.